The molecule has 6 heteroatoms. The summed E-state index contributed by atoms with van der Waals surface area (Å²) in [6.45, 7) is -2.90. The minimum atomic E-state index is -2.90. The molecule has 0 unspecified atom stereocenters. The van der Waals surface area contributed by atoms with Crippen molar-refractivity contribution < 1.29 is 22.3 Å². The summed E-state index contributed by atoms with van der Waals surface area (Å²) in [5.41, 5.74) is 0. The number of hydrogen-bond donors (Lipinski definition) is 0. The molecule has 0 spiro atoms. The van der Waals surface area contributed by atoms with Gasteiger partial charge in [0, 0.05) is 4.90 Å². The van der Waals surface area contributed by atoms with Gasteiger partial charge in [-0.25, -0.2) is 0 Å². The summed E-state index contributed by atoms with van der Waals surface area (Å²) in [5.74, 6) is -2.56. The van der Waals surface area contributed by atoms with E-state index in [1.54, 1.807) is 0 Å². The topological polar surface area (TPSA) is 9.23 Å². The van der Waals surface area contributed by atoms with Gasteiger partial charge in [0.1, 0.15) is 5.75 Å². The fraction of sp³-hybridized carbons (Fsp3) is 0.250. The smallest absolute Gasteiger partial charge is 0.387 e. The lowest BCUT2D eigenvalue weighted by Gasteiger charge is -2.04. The summed E-state index contributed by atoms with van der Waals surface area (Å²) >= 11 is 0.350. The van der Waals surface area contributed by atoms with E-state index in [0.717, 1.165) is 0 Å². The maximum atomic E-state index is 11.8. The second-order valence-electron chi connectivity index (χ2n) is 2.23. The van der Waals surface area contributed by atoms with E-state index in [0.29, 0.717) is 16.7 Å². The Morgan fingerprint density at radius 2 is 1.57 bits per heavy atom. The molecule has 0 aromatic heterocycles. The van der Waals surface area contributed by atoms with Crippen LogP contribution in [0.25, 0.3) is 0 Å². The van der Waals surface area contributed by atoms with E-state index in [-0.39, 0.29) is 5.75 Å². The molecular formula is C8H6F4OS. The highest BCUT2D eigenvalue weighted by atomic mass is 32.2. The van der Waals surface area contributed by atoms with Crippen LogP contribution in [0.5, 0.6) is 5.75 Å². The fourth-order valence-electron chi connectivity index (χ4n) is 0.803. The number of benzene rings is 1. The molecule has 1 aromatic carbocycles. The third kappa shape index (κ3) is 3.87. The van der Waals surface area contributed by atoms with Crippen LogP contribution in [-0.2, 0) is 0 Å². The summed E-state index contributed by atoms with van der Waals surface area (Å²) in [5, 5.41) is 0. The van der Waals surface area contributed by atoms with Crippen LogP contribution in [0.3, 0.4) is 0 Å². The molecule has 0 saturated carbocycles. The third-order valence-corrected chi connectivity index (χ3v) is 2.00. The maximum absolute atomic E-state index is 11.8. The molecule has 0 radical (unpaired) electrons. The van der Waals surface area contributed by atoms with Crippen LogP contribution in [0.15, 0.2) is 29.2 Å². The SMILES string of the molecule is FC(F)Oc1ccc(SC(F)F)cc1. The minimum Gasteiger partial charge on any atom is -0.435 e. The van der Waals surface area contributed by atoms with E-state index < -0.39 is 12.4 Å². The van der Waals surface area contributed by atoms with Gasteiger partial charge in [0.25, 0.3) is 5.76 Å². The predicted octanol–water partition coefficient (Wildman–Crippen LogP) is 3.60. The van der Waals surface area contributed by atoms with Crippen molar-refractivity contribution >= 4 is 11.8 Å². The van der Waals surface area contributed by atoms with E-state index in [1.807, 2.05) is 0 Å². The lowest BCUT2D eigenvalue weighted by molar-refractivity contribution is -0.0498. The quantitative estimate of drug-likeness (QED) is 0.573. The summed E-state index contributed by atoms with van der Waals surface area (Å²) in [4.78, 5) is 0.307. The molecule has 1 rings (SSSR count). The predicted molar refractivity (Wildman–Crippen MR) is 44.9 cm³/mol. The average molecular weight is 226 g/mol. The molecule has 1 aromatic rings. The van der Waals surface area contributed by atoms with Crippen molar-refractivity contribution in [2.75, 3.05) is 0 Å². The minimum absolute atomic E-state index is 0.0429. The first-order chi connectivity index (χ1) is 6.58. The molecular weight excluding hydrogens is 220 g/mol. The Balaban J connectivity index is 2.59. The van der Waals surface area contributed by atoms with E-state index in [9.17, 15) is 17.6 Å². The maximum Gasteiger partial charge on any atom is 0.387 e. The van der Waals surface area contributed by atoms with E-state index in [1.165, 1.54) is 24.3 Å². The van der Waals surface area contributed by atoms with Gasteiger partial charge in [-0.3, -0.25) is 0 Å². The number of hydrogen-bond acceptors (Lipinski definition) is 2. The first kappa shape index (κ1) is 11.2. The largest absolute Gasteiger partial charge is 0.435 e. The van der Waals surface area contributed by atoms with Crippen LogP contribution in [-0.4, -0.2) is 12.4 Å². The standard InChI is InChI=1S/C8H6F4OS/c9-7(10)13-5-1-3-6(4-2-5)14-8(11)12/h1-4,7-8H. The molecule has 0 aliphatic carbocycles. The molecule has 1 nitrogen and oxygen atoms in total. The fourth-order valence-corrected chi connectivity index (χ4v) is 1.30. The zero-order valence-corrected chi connectivity index (χ0v) is 7.61. The molecule has 0 bridgehead atoms. The molecule has 0 atom stereocenters. The summed E-state index contributed by atoms with van der Waals surface area (Å²) in [6.07, 6.45) is 0. The van der Waals surface area contributed by atoms with Crippen LogP contribution in [0.4, 0.5) is 17.6 Å². The van der Waals surface area contributed by atoms with Gasteiger partial charge in [-0.1, -0.05) is 11.8 Å². The van der Waals surface area contributed by atoms with Gasteiger partial charge in [-0.2, -0.15) is 17.6 Å². The van der Waals surface area contributed by atoms with Crippen molar-refractivity contribution in [1.82, 2.24) is 0 Å². The molecule has 0 fully saturated rings. The van der Waals surface area contributed by atoms with Gasteiger partial charge < -0.3 is 4.74 Å². The number of thioether (sulfide) groups is 1. The van der Waals surface area contributed by atoms with Gasteiger partial charge in [-0.15, -0.1) is 0 Å². The van der Waals surface area contributed by atoms with E-state index in [2.05, 4.69) is 4.74 Å². The molecule has 0 saturated heterocycles. The van der Waals surface area contributed by atoms with Gasteiger partial charge >= 0.3 is 6.61 Å². The van der Waals surface area contributed by atoms with Crippen molar-refractivity contribution in [1.29, 1.82) is 0 Å². The molecule has 0 aliphatic heterocycles. The van der Waals surface area contributed by atoms with Crippen LogP contribution >= 0.6 is 11.8 Å². The third-order valence-electron chi connectivity index (χ3n) is 1.27. The number of ether oxygens (including phenoxy) is 1. The molecule has 78 valence electrons. The average Bonchev–Trinajstić information content (AvgIpc) is 2.06. The Bertz CT molecular complexity index is 246. The highest BCUT2D eigenvalue weighted by Gasteiger charge is 2.06. The normalized spacial score (nSPS) is 11.0. The van der Waals surface area contributed by atoms with Crippen LogP contribution < -0.4 is 4.74 Å². The molecule has 0 N–H and O–H groups in total. The monoisotopic (exact) mass is 226 g/mol. The van der Waals surface area contributed by atoms with Crippen molar-refractivity contribution in [3.8, 4) is 5.75 Å². The molecule has 0 amide bonds. The second kappa shape index (κ2) is 5.09. The summed E-state index contributed by atoms with van der Waals surface area (Å²) in [7, 11) is 0. The highest BCUT2D eigenvalue weighted by Crippen LogP contribution is 2.27. The van der Waals surface area contributed by atoms with Crippen LogP contribution in [0.1, 0.15) is 0 Å². The van der Waals surface area contributed by atoms with Crippen LogP contribution in [0, 0.1) is 0 Å². The zero-order chi connectivity index (χ0) is 10.6. The molecule has 0 heterocycles. The number of alkyl halides is 4. The Morgan fingerprint density at radius 3 is 2.00 bits per heavy atom. The van der Waals surface area contributed by atoms with Gasteiger partial charge in [0.05, 0.1) is 0 Å². The lowest BCUT2D eigenvalue weighted by atomic mass is 10.3. The Labute approximate surface area is 82.1 Å². The zero-order valence-electron chi connectivity index (χ0n) is 6.79. The molecule has 14 heavy (non-hydrogen) atoms. The van der Waals surface area contributed by atoms with Crippen molar-refractivity contribution in [2.45, 2.75) is 17.3 Å². The van der Waals surface area contributed by atoms with Crippen molar-refractivity contribution in [3.63, 3.8) is 0 Å². The highest BCUT2D eigenvalue weighted by molar-refractivity contribution is 7.99. The van der Waals surface area contributed by atoms with Crippen LogP contribution in [0.2, 0.25) is 0 Å². The second-order valence-corrected chi connectivity index (χ2v) is 3.29. The number of rotatable bonds is 4. The first-order valence-corrected chi connectivity index (χ1v) is 4.45. The van der Waals surface area contributed by atoms with Crippen molar-refractivity contribution in [2.24, 2.45) is 0 Å². The lowest BCUT2D eigenvalue weighted by Crippen LogP contribution is -2.01. The molecule has 0 aliphatic rings. The first-order valence-electron chi connectivity index (χ1n) is 3.57. The summed E-state index contributed by atoms with van der Waals surface area (Å²) in [6, 6.07) is 5.04. The summed E-state index contributed by atoms with van der Waals surface area (Å²) < 4.78 is 51.1. The Kier molecular flexibility index (Phi) is 4.06. The Morgan fingerprint density at radius 1 is 1.00 bits per heavy atom. The van der Waals surface area contributed by atoms with E-state index >= 15 is 0 Å². The number of halogens is 4. The van der Waals surface area contributed by atoms with E-state index in [4.69, 9.17) is 0 Å². The van der Waals surface area contributed by atoms with Gasteiger partial charge in [-0.05, 0) is 24.3 Å². The van der Waals surface area contributed by atoms with Gasteiger partial charge in [0.2, 0.25) is 0 Å². The Hall–Kier alpha value is -0.910. The van der Waals surface area contributed by atoms with Gasteiger partial charge in [0.15, 0.2) is 0 Å². The van der Waals surface area contributed by atoms with Crippen molar-refractivity contribution in [3.05, 3.63) is 24.3 Å².